The van der Waals surface area contributed by atoms with E-state index in [0.29, 0.717) is 16.9 Å². The Labute approximate surface area is 159 Å². The summed E-state index contributed by atoms with van der Waals surface area (Å²) < 4.78 is 24.8. The van der Waals surface area contributed by atoms with E-state index in [1.807, 2.05) is 42.5 Å². The zero-order chi connectivity index (χ0) is 19.2. The van der Waals surface area contributed by atoms with Gasteiger partial charge < -0.3 is 9.66 Å². The lowest BCUT2D eigenvalue weighted by Gasteiger charge is -2.26. The summed E-state index contributed by atoms with van der Waals surface area (Å²) in [6.45, 7) is 0. The van der Waals surface area contributed by atoms with Crippen molar-refractivity contribution < 1.29 is 18.7 Å². The summed E-state index contributed by atoms with van der Waals surface area (Å²) >= 11 is -2.50. The minimum Gasteiger partial charge on any atom is -0.755 e. The molecule has 27 heavy (non-hydrogen) atoms. The number of carboxylic acids is 1. The van der Waals surface area contributed by atoms with Crippen LogP contribution in [0.15, 0.2) is 84.9 Å². The molecule has 0 bridgehead atoms. The van der Waals surface area contributed by atoms with Crippen LogP contribution < -0.4 is 4.31 Å². The minimum absolute atomic E-state index is 0.461. The number of carbonyl (C=O) groups is 1. The zero-order valence-corrected chi connectivity index (χ0v) is 15.0. The van der Waals surface area contributed by atoms with Crippen LogP contribution >= 0.6 is 0 Å². The Bertz CT molecular complexity index is 967. The molecule has 0 spiro atoms. The standard InChI is InChI=1S/C21H17NO4S/c23-21(24)15-8-16-6-11-19(12-7-16)22(27(25)26)20-13-9-18(10-14-20)17-4-2-1-3-5-17/h1-15H,(H,23,24)(H,25,26)/p-1. The number of aliphatic carboxylic acids is 1. The van der Waals surface area contributed by atoms with Crippen molar-refractivity contribution in [3.63, 3.8) is 0 Å². The fourth-order valence-corrected chi connectivity index (χ4v) is 3.22. The van der Waals surface area contributed by atoms with Crippen molar-refractivity contribution in [3.8, 4) is 11.1 Å². The van der Waals surface area contributed by atoms with Gasteiger partial charge in [0.05, 0.1) is 22.6 Å². The van der Waals surface area contributed by atoms with E-state index in [-0.39, 0.29) is 0 Å². The van der Waals surface area contributed by atoms with Gasteiger partial charge in [0, 0.05) is 6.08 Å². The zero-order valence-electron chi connectivity index (χ0n) is 14.2. The summed E-state index contributed by atoms with van der Waals surface area (Å²) in [6, 6.07) is 23.6. The van der Waals surface area contributed by atoms with Crippen molar-refractivity contribution in [2.24, 2.45) is 0 Å². The molecule has 0 saturated heterocycles. The predicted octanol–water partition coefficient (Wildman–Crippen LogP) is 4.38. The second-order valence-corrected chi connectivity index (χ2v) is 6.49. The highest BCUT2D eigenvalue weighted by molar-refractivity contribution is 7.81. The van der Waals surface area contributed by atoms with E-state index < -0.39 is 17.2 Å². The molecule has 1 atom stereocenters. The van der Waals surface area contributed by atoms with Gasteiger partial charge in [0.15, 0.2) is 0 Å². The molecule has 3 aromatic carbocycles. The molecule has 0 fully saturated rings. The topological polar surface area (TPSA) is 80.7 Å². The summed E-state index contributed by atoms with van der Waals surface area (Å²) in [4.78, 5) is 10.6. The van der Waals surface area contributed by atoms with Crippen LogP contribution in [0.4, 0.5) is 11.4 Å². The van der Waals surface area contributed by atoms with Gasteiger partial charge in [0.25, 0.3) is 0 Å². The van der Waals surface area contributed by atoms with Crippen molar-refractivity contribution in [1.29, 1.82) is 0 Å². The molecule has 3 rings (SSSR count). The van der Waals surface area contributed by atoms with Gasteiger partial charge in [0.1, 0.15) is 0 Å². The van der Waals surface area contributed by atoms with Crippen molar-refractivity contribution >= 4 is 34.7 Å². The van der Waals surface area contributed by atoms with Gasteiger partial charge in [-0.15, -0.1) is 0 Å². The molecule has 0 aliphatic carbocycles. The van der Waals surface area contributed by atoms with Gasteiger partial charge in [-0.2, -0.15) is 0 Å². The highest BCUT2D eigenvalue weighted by atomic mass is 32.2. The first kappa shape index (κ1) is 18.6. The van der Waals surface area contributed by atoms with E-state index in [4.69, 9.17) is 5.11 Å². The first-order chi connectivity index (χ1) is 13.0. The molecule has 1 N–H and O–H groups in total. The molecule has 6 heteroatoms. The van der Waals surface area contributed by atoms with E-state index in [1.165, 1.54) is 10.4 Å². The van der Waals surface area contributed by atoms with Gasteiger partial charge in [-0.1, -0.05) is 54.6 Å². The maximum atomic E-state index is 11.8. The van der Waals surface area contributed by atoms with Crippen molar-refractivity contribution in [2.75, 3.05) is 4.31 Å². The molecule has 0 aliphatic heterocycles. The number of benzene rings is 3. The smallest absolute Gasteiger partial charge is 0.328 e. The van der Waals surface area contributed by atoms with E-state index in [9.17, 15) is 13.6 Å². The molecular formula is C21H16NO4S-. The molecule has 0 amide bonds. The lowest BCUT2D eigenvalue weighted by Crippen LogP contribution is -2.19. The first-order valence-corrected chi connectivity index (χ1v) is 9.14. The number of rotatable bonds is 6. The van der Waals surface area contributed by atoms with Crippen LogP contribution in [0.5, 0.6) is 0 Å². The third-order valence-corrected chi connectivity index (χ3v) is 4.62. The second kappa shape index (κ2) is 8.44. The van der Waals surface area contributed by atoms with Crippen LogP contribution in [0, 0.1) is 0 Å². The molecule has 0 aliphatic rings. The van der Waals surface area contributed by atoms with Gasteiger partial charge >= 0.3 is 5.97 Å². The van der Waals surface area contributed by atoms with Gasteiger partial charge in [-0.3, -0.25) is 8.51 Å². The molecule has 136 valence electrons. The third-order valence-electron chi connectivity index (χ3n) is 3.90. The van der Waals surface area contributed by atoms with Crippen LogP contribution in [-0.2, 0) is 16.1 Å². The maximum absolute atomic E-state index is 11.8. The molecule has 0 aromatic heterocycles. The average molecular weight is 378 g/mol. The highest BCUT2D eigenvalue weighted by Gasteiger charge is 2.10. The summed E-state index contributed by atoms with van der Waals surface area (Å²) in [5.74, 6) is -1.04. The molecule has 0 radical (unpaired) electrons. The van der Waals surface area contributed by atoms with E-state index in [0.717, 1.165) is 17.2 Å². The van der Waals surface area contributed by atoms with E-state index in [1.54, 1.807) is 36.4 Å². The number of nitrogens with zero attached hydrogens (tertiary/aromatic N) is 1. The summed E-state index contributed by atoms with van der Waals surface area (Å²) in [5.41, 5.74) is 3.68. The van der Waals surface area contributed by atoms with Gasteiger partial charge in [0.2, 0.25) is 0 Å². The number of hydrogen-bond acceptors (Lipinski definition) is 3. The van der Waals surface area contributed by atoms with Crippen LogP contribution in [0.1, 0.15) is 5.56 Å². The Morgan fingerprint density at radius 3 is 1.89 bits per heavy atom. The fourth-order valence-electron chi connectivity index (χ4n) is 2.63. The Morgan fingerprint density at radius 2 is 1.37 bits per heavy atom. The van der Waals surface area contributed by atoms with Crippen LogP contribution in [0.2, 0.25) is 0 Å². The lowest BCUT2D eigenvalue weighted by molar-refractivity contribution is -0.131. The largest absolute Gasteiger partial charge is 0.755 e. The van der Waals surface area contributed by atoms with Crippen LogP contribution in [0.3, 0.4) is 0 Å². The van der Waals surface area contributed by atoms with E-state index in [2.05, 4.69) is 0 Å². The Hall–Kier alpha value is -3.22. The number of carboxylic acid groups (broad SMARTS) is 1. The molecule has 0 saturated carbocycles. The highest BCUT2D eigenvalue weighted by Crippen LogP contribution is 2.29. The summed E-state index contributed by atoms with van der Waals surface area (Å²) in [6.07, 6.45) is 2.47. The normalized spacial score (nSPS) is 12.0. The Morgan fingerprint density at radius 1 is 0.852 bits per heavy atom. The quantitative estimate of drug-likeness (QED) is 0.510. The Balaban J connectivity index is 1.87. The molecule has 5 nitrogen and oxygen atoms in total. The summed E-state index contributed by atoms with van der Waals surface area (Å²) in [5, 5.41) is 8.67. The number of hydrogen-bond donors (Lipinski definition) is 1. The van der Waals surface area contributed by atoms with Gasteiger partial charge in [-0.25, -0.2) is 4.79 Å². The van der Waals surface area contributed by atoms with Crippen LogP contribution in [-0.4, -0.2) is 19.8 Å². The number of anilines is 2. The molecule has 3 aromatic rings. The average Bonchev–Trinajstić information content (AvgIpc) is 2.68. The van der Waals surface area contributed by atoms with Crippen molar-refractivity contribution in [1.82, 2.24) is 0 Å². The monoisotopic (exact) mass is 378 g/mol. The van der Waals surface area contributed by atoms with Crippen molar-refractivity contribution in [2.45, 2.75) is 0 Å². The second-order valence-electron chi connectivity index (χ2n) is 5.69. The van der Waals surface area contributed by atoms with Gasteiger partial charge in [-0.05, 0) is 47.0 Å². The third kappa shape index (κ3) is 4.69. The first-order valence-electron chi connectivity index (χ1n) is 8.10. The maximum Gasteiger partial charge on any atom is 0.328 e. The van der Waals surface area contributed by atoms with Crippen LogP contribution in [0.25, 0.3) is 17.2 Å². The fraction of sp³-hybridized carbons (Fsp3) is 0. The van der Waals surface area contributed by atoms with E-state index >= 15 is 0 Å². The molecular weight excluding hydrogens is 362 g/mol. The SMILES string of the molecule is O=C(O)C=Cc1ccc(N(c2ccc(-c3ccccc3)cc2)S(=O)[O-])cc1. The van der Waals surface area contributed by atoms with Crippen molar-refractivity contribution in [3.05, 3.63) is 90.5 Å². The predicted molar refractivity (Wildman–Crippen MR) is 106 cm³/mol. The Kier molecular flexibility index (Phi) is 5.80. The summed E-state index contributed by atoms with van der Waals surface area (Å²) in [7, 11) is 0. The molecule has 0 heterocycles. The molecule has 1 unspecified atom stereocenters. The minimum atomic E-state index is -2.50. The lowest BCUT2D eigenvalue weighted by atomic mass is 10.1.